The van der Waals surface area contributed by atoms with Crippen molar-refractivity contribution in [2.24, 2.45) is 4.99 Å². The molecule has 14 heteroatoms. The molecule has 1 saturated heterocycles. The van der Waals surface area contributed by atoms with Crippen molar-refractivity contribution in [2.45, 2.75) is 45.4 Å². The van der Waals surface area contributed by atoms with Crippen molar-refractivity contribution < 1.29 is 32.2 Å². The molecule has 3 amide bonds. The Kier molecular flexibility index (Phi) is 10.5. The van der Waals surface area contributed by atoms with E-state index < -0.39 is 12.4 Å². The monoisotopic (exact) mass is 666 g/mol. The highest BCUT2D eigenvalue weighted by Gasteiger charge is 2.33. The van der Waals surface area contributed by atoms with E-state index in [1.54, 1.807) is 13.2 Å². The molecule has 0 spiro atoms. The van der Waals surface area contributed by atoms with Gasteiger partial charge < -0.3 is 14.8 Å². The van der Waals surface area contributed by atoms with Gasteiger partial charge in [-0.15, -0.1) is 18.3 Å². The van der Waals surface area contributed by atoms with Crippen LogP contribution in [0.15, 0.2) is 78.0 Å². The van der Waals surface area contributed by atoms with Gasteiger partial charge >= 0.3 is 12.4 Å². The second kappa shape index (κ2) is 14.7. The molecule has 2 heterocycles. The largest absolute Gasteiger partial charge is 0.573 e. The van der Waals surface area contributed by atoms with Gasteiger partial charge in [-0.1, -0.05) is 55.9 Å². The number of anilines is 1. The average molecular weight is 667 g/mol. The summed E-state index contributed by atoms with van der Waals surface area (Å²) >= 11 is 1.23. The number of carbonyl (C=O) groups is 2. The van der Waals surface area contributed by atoms with Crippen molar-refractivity contribution in [2.75, 3.05) is 24.3 Å². The van der Waals surface area contributed by atoms with Crippen LogP contribution in [0, 0.1) is 0 Å². The molecule has 1 aliphatic heterocycles. The number of amidine groups is 1. The Hall–Kier alpha value is -4.85. The number of hydrogen-bond acceptors (Lipinski definition) is 7. The first-order valence-corrected chi connectivity index (χ1v) is 15.9. The molecule has 0 saturated carbocycles. The summed E-state index contributed by atoms with van der Waals surface area (Å²) in [5.74, 6) is 0.997. The number of ether oxygens (including phenoxy) is 2. The molecule has 47 heavy (non-hydrogen) atoms. The molecule has 10 nitrogen and oxygen atoms in total. The number of hydrogen-bond donors (Lipinski definition) is 1. The molecule has 5 rings (SSSR count). The zero-order valence-electron chi connectivity index (χ0n) is 26.0. The van der Waals surface area contributed by atoms with Gasteiger partial charge in [0.15, 0.2) is 11.0 Å². The normalized spacial score (nSPS) is 14.2. The van der Waals surface area contributed by atoms with Crippen LogP contribution < -0.4 is 19.7 Å². The minimum absolute atomic E-state index is 0.139. The number of halogens is 3. The Balaban J connectivity index is 1.10. The quantitative estimate of drug-likeness (QED) is 0.170. The summed E-state index contributed by atoms with van der Waals surface area (Å²) in [5, 5.41) is 7.60. The number of aryl methyl sites for hydroxylation is 1. The summed E-state index contributed by atoms with van der Waals surface area (Å²) in [5.41, 5.74) is 4.07. The Morgan fingerprint density at radius 1 is 1.04 bits per heavy atom. The van der Waals surface area contributed by atoms with Gasteiger partial charge in [-0.05, 0) is 66.6 Å². The van der Waals surface area contributed by atoms with Crippen molar-refractivity contribution in [3.8, 4) is 28.6 Å². The fraction of sp³-hybridized carbons (Fsp3) is 0.303. The molecular formula is C33H33F3N6O4S. The minimum Gasteiger partial charge on any atom is -0.497 e. The lowest BCUT2D eigenvalue weighted by Gasteiger charge is -2.22. The molecule has 0 aliphatic carbocycles. The highest BCUT2D eigenvalue weighted by atomic mass is 32.2. The van der Waals surface area contributed by atoms with Crippen molar-refractivity contribution in [1.82, 2.24) is 20.1 Å². The van der Waals surface area contributed by atoms with Crippen molar-refractivity contribution in [3.05, 3.63) is 84.2 Å². The number of thioether (sulfide) groups is 1. The summed E-state index contributed by atoms with van der Waals surface area (Å²) in [4.78, 5) is 35.5. The van der Waals surface area contributed by atoms with E-state index >= 15 is 0 Å². The maximum Gasteiger partial charge on any atom is 0.573 e. The Morgan fingerprint density at radius 2 is 1.77 bits per heavy atom. The van der Waals surface area contributed by atoms with Crippen LogP contribution in [-0.4, -0.2) is 57.6 Å². The zero-order valence-corrected chi connectivity index (χ0v) is 26.8. The topological polar surface area (TPSA) is 111 Å². The minimum atomic E-state index is -4.75. The predicted molar refractivity (Wildman–Crippen MR) is 174 cm³/mol. The Bertz CT molecular complexity index is 1740. The van der Waals surface area contributed by atoms with Gasteiger partial charge in [0, 0.05) is 18.2 Å². The molecule has 0 unspecified atom stereocenters. The van der Waals surface area contributed by atoms with Crippen LogP contribution in [0.1, 0.15) is 43.7 Å². The van der Waals surface area contributed by atoms with Gasteiger partial charge in [0.2, 0.25) is 5.91 Å². The van der Waals surface area contributed by atoms with Gasteiger partial charge in [-0.2, -0.15) is 4.99 Å². The lowest BCUT2D eigenvalue weighted by Crippen LogP contribution is -2.32. The first kappa shape index (κ1) is 33.5. The van der Waals surface area contributed by atoms with Crippen LogP contribution in [0.25, 0.3) is 17.1 Å². The highest BCUT2D eigenvalue weighted by Crippen LogP contribution is 2.36. The number of carbonyl (C=O) groups excluding carboxylic acids is 2. The summed E-state index contributed by atoms with van der Waals surface area (Å²) in [6, 6.07) is 18.2. The molecule has 4 aromatic rings. The number of benzene rings is 3. The molecule has 3 aromatic carbocycles. The first-order valence-electron chi connectivity index (χ1n) is 14.9. The van der Waals surface area contributed by atoms with E-state index in [1.807, 2.05) is 50.2 Å². The number of alkyl halides is 3. The van der Waals surface area contributed by atoms with Gasteiger partial charge in [-0.25, -0.2) is 14.5 Å². The third-order valence-corrected chi connectivity index (χ3v) is 8.19. The average Bonchev–Trinajstić information content (AvgIpc) is 3.67. The standard InChI is InChI=1S/C33H33F3N6O4S/c1-21(2)27-16-15-26(45-3)18-28(27)42-29(43)19-47-32(42)39-31(44)37-17-5-4-6-22-7-9-23(10-8-22)30-38-20-41(40-30)24-11-13-25(14-12-24)46-33(34,35)36/h7-16,18,20-21H,4-6,17,19H2,1-3H3,(H,37,44)/b39-32-. The summed E-state index contributed by atoms with van der Waals surface area (Å²) in [6.07, 6.45) is -0.898. The summed E-state index contributed by atoms with van der Waals surface area (Å²) in [7, 11) is 1.57. The highest BCUT2D eigenvalue weighted by molar-refractivity contribution is 8.15. The number of nitrogens with one attached hydrogen (secondary N) is 1. The van der Waals surface area contributed by atoms with Crippen molar-refractivity contribution in [3.63, 3.8) is 0 Å². The number of rotatable bonds is 11. The van der Waals surface area contributed by atoms with E-state index in [0.29, 0.717) is 34.7 Å². The van der Waals surface area contributed by atoms with Crippen LogP contribution in [0.2, 0.25) is 0 Å². The molecule has 1 aromatic heterocycles. The molecule has 246 valence electrons. The maximum atomic E-state index is 12.8. The SMILES string of the molecule is COc1ccc(C(C)C)c(N2C(=O)CS/C2=N\C(=O)NCCCCc2ccc(-c3ncn(-c4ccc(OC(F)(F)F)cc4)n3)cc2)c1. The number of urea groups is 1. The van der Waals surface area contributed by atoms with Gasteiger partial charge in [0.1, 0.15) is 17.8 Å². The molecule has 1 fully saturated rings. The fourth-order valence-corrected chi connectivity index (χ4v) is 5.79. The Labute approximate surface area is 274 Å². The Morgan fingerprint density at radius 3 is 2.45 bits per heavy atom. The zero-order chi connectivity index (χ0) is 33.6. The van der Waals surface area contributed by atoms with Gasteiger partial charge in [0.25, 0.3) is 0 Å². The third-order valence-electron chi connectivity index (χ3n) is 7.27. The number of nitrogens with zero attached hydrogens (tertiary/aromatic N) is 5. The lowest BCUT2D eigenvalue weighted by molar-refractivity contribution is -0.274. The molecule has 0 bridgehead atoms. The van der Waals surface area contributed by atoms with Crippen LogP contribution >= 0.6 is 11.8 Å². The van der Waals surface area contributed by atoms with E-state index in [9.17, 15) is 22.8 Å². The third kappa shape index (κ3) is 8.70. The number of unbranched alkanes of at least 4 members (excludes halogenated alkanes) is 1. The van der Waals surface area contributed by atoms with E-state index in [1.165, 1.54) is 51.9 Å². The van der Waals surface area contributed by atoms with Crippen LogP contribution in [0.3, 0.4) is 0 Å². The fourth-order valence-electron chi connectivity index (χ4n) is 4.93. The van der Waals surface area contributed by atoms with Crippen LogP contribution in [0.5, 0.6) is 11.5 Å². The number of aliphatic imine (C=N–C) groups is 1. The van der Waals surface area contributed by atoms with Crippen LogP contribution in [0.4, 0.5) is 23.7 Å². The van der Waals surface area contributed by atoms with E-state index in [-0.39, 0.29) is 23.3 Å². The number of amides is 3. The molecule has 0 radical (unpaired) electrons. The van der Waals surface area contributed by atoms with Gasteiger partial charge in [0.05, 0.1) is 24.2 Å². The molecule has 1 aliphatic rings. The van der Waals surface area contributed by atoms with Gasteiger partial charge in [-0.3, -0.25) is 9.69 Å². The molecular weight excluding hydrogens is 633 g/mol. The van der Waals surface area contributed by atoms with Crippen molar-refractivity contribution >= 4 is 34.6 Å². The lowest BCUT2D eigenvalue weighted by atomic mass is 10.00. The van der Waals surface area contributed by atoms with Crippen molar-refractivity contribution in [1.29, 1.82) is 0 Å². The number of methoxy groups -OCH3 is 1. The second-order valence-corrected chi connectivity index (χ2v) is 11.9. The van der Waals surface area contributed by atoms with Crippen LogP contribution in [-0.2, 0) is 11.2 Å². The number of aromatic nitrogens is 3. The summed E-state index contributed by atoms with van der Waals surface area (Å²) < 4.78 is 48.0. The molecule has 0 atom stereocenters. The second-order valence-electron chi connectivity index (χ2n) is 10.9. The van der Waals surface area contributed by atoms with E-state index in [0.717, 1.165) is 36.0 Å². The van der Waals surface area contributed by atoms with E-state index in [4.69, 9.17) is 4.74 Å². The first-order chi connectivity index (χ1) is 22.5. The summed E-state index contributed by atoms with van der Waals surface area (Å²) in [6.45, 7) is 4.52. The maximum absolute atomic E-state index is 12.8. The predicted octanol–water partition coefficient (Wildman–Crippen LogP) is 7.13. The smallest absolute Gasteiger partial charge is 0.497 e. The molecule has 1 N–H and O–H groups in total. The van der Waals surface area contributed by atoms with E-state index in [2.05, 4.69) is 25.1 Å².